The molecule has 2 aliphatic rings. The van der Waals surface area contributed by atoms with Crippen molar-refractivity contribution in [1.82, 2.24) is 15.8 Å². The van der Waals surface area contributed by atoms with Crippen LogP contribution in [0.4, 0.5) is 0 Å². The number of nitrogens with two attached hydrogens (primary N) is 1. The lowest BCUT2D eigenvalue weighted by atomic mass is 10.2. The maximum absolute atomic E-state index is 11.1. The first-order valence-electron chi connectivity index (χ1n) is 5.00. The second-order valence-electron chi connectivity index (χ2n) is 3.78. The van der Waals surface area contributed by atoms with Crippen LogP contribution in [0.2, 0.25) is 0 Å². The van der Waals surface area contributed by atoms with E-state index in [0.29, 0.717) is 12.1 Å². The molecule has 0 aromatic carbocycles. The molecule has 0 aliphatic carbocycles. The van der Waals surface area contributed by atoms with Crippen LogP contribution in [0.25, 0.3) is 0 Å². The van der Waals surface area contributed by atoms with Gasteiger partial charge in [0.1, 0.15) is 0 Å². The van der Waals surface area contributed by atoms with E-state index >= 15 is 0 Å². The van der Waals surface area contributed by atoms with Crippen LogP contribution in [-0.4, -0.2) is 37.0 Å². The van der Waals surface area contributed by atoms with Gasteiger partial charge >= 0.3 is 0 Å². The Labute approximate surface area is 83.3 Å². The molecule has 78 valence electrons. The number of nitrogens with one attached hydrogen (secondary N) is 2. The van der Waals surface area contributed by atoms with Crippen molar-refractivity contribution in [2.75, 3.05) is 26.2 Å². The van der Waals surface area contributed by atoms with Crippen molar-refractivity contribution in [3.05, 3.63) is 11.3 Å². The number of nitrogens with zero attached hydrogens (tertiary/aromatic N) is 1. The molecule has 2 aliphatic heterocycles. The highest BCUT2D eigenvalue weighted by Gasteiger charge is 2.21. The normalized spacial score (nSPS) is 22.9. The minimum atomic E-state index is -0.323. The van der Waals surface area contributed by atoms with E-state index in [1.54, 1.807) is 0 Å². The smallest absolute Gasteiger partial charge is 0.247 e. The fourth-order valence-corrected chi connectivity index (χ4v) is 1.96. The predicted molar refractivity (Wildman–Crippen MR) is 53.0 cm³/mol. The third-order valence-corrected chi connectivity index (χ3v) is 2.75. The van der Waals surface area contributed by atoms with Gasteiger partial charge in [-0.2, -0.15) is 0 Å². The monoisotopic (exact) mass is 196 g/mol. The summed E-state index contributed by atoms with van der Waals surface area (Å²) >= 11 is 0. The summed E-state index contributed by atoms with van der Waals surface area (Å²) in [5, 5.41) is 0. The Morgan fingerprint density at radius 1 is 1.43 bits per heavy atom. The molecule has 0 unspecified atom stereocenters. The van der Waals surface area contributed by atoms with Gasteiger partial charge in [0.05, 0.1) is 11.3 Å². The van der Waals surface area contributed by atoms with Gasteiger partial charge in [-0.3, -0.25) is 9.69 Å². The molecule has 5 heteroatoms. The standard InChI is InChI=1S/C9H16N4O/c10-9(14)7-5-11-12-8(7)6-13-3-1-2-4-13/h11-12H,1-6H2,(H2,10,14). The molecule has 0 aromatic heterocycles. The lowest BCUT2D eigenvalue weighted by Crippen LogP contribution is -2.31. The minimum Gasteiger partial charge on any atom is -0.366 e. The van der Waals surface area contributed by atoms with E-state index in [2.05, 4.69) is 15.8 Å². The quantitative estimate of drug-likeness (QED) is 0.537. The van der Waals surface area contributed by atoms with E-state index in [0.717, 1.165) is 25.3 Å². The van der Waals surface area contributed by atoms with Gasteiger partial charge in [-0.25, -0.2) is 5.43 Å². The van der Waals surface area contributed by atoms with Crippen LogP contribution in [0.5, 0.6) is 0 Å². The molecule has 1 fully saturated rings. The Kier molecular flexibility index (Phi) is 2.69. The summed E-state index contributed by atoms with van der Waals surface area (Å²) in [6.07, 6.45) is 2.51. The first kappa shape index (κ1) is 9.48. The molecule has 1 amide bonds. The fraction of sp³-hybridized carbons (Fsp3) is 0.667. The average molecular weight is 196 g/mol. The van der Waals surface area contributed by atoms with Crippen LogP contribution < -0.4 is 16.6 Å². The molecular formula is C9H16N4O. The molecule has 0 radical (unpaired) electrons. The Hall–Kier alpha value is -1.07. The molecule has 1 saturated heterocycles. The summed E-state index contributed by atoms with van der Waals surface area (Å²) in [7, 11) is 0. The number of hydrogen-bond donors (Lipinski definition) is 3. The van der Waals surface area contributed by atoms with Crippen LogP contribution in [0.15, 0.2) is 11.3 Å². The second-order valence-corrected chi connectivity index (χ2v) is 3.78. The van der Waals surface area contributed by atoms with Gasteiger partial charge in [-0.15, -0.1) is 0 Å². The molecule has 4 N–H and O–H groups in total. The van der Waals surface area contributed by atoms with Gasteiger partial charge in [0.15, 0.2) is 0 Å². The van der Waals surface area contributed by atoms with E-state index < -0.39 is 0 Å². The van der Waals surface area contributed by atoms with Gasteiger partial charge in [0.25, 0.3) is 0 Å². The Morgan fingerprint density at radius 2 is 2.14 bits per heavy atom. The van der Waals surface area contributed by atoms with E-state index in [9.17, 15) is 4.79 Å². The molecule has 0 atom stereocenters. The van der Waals surface area contributed by atoms with Gasteiger partial charge in [0.2, 0.25) is 5.91 Å². The number of primary amides is 1. The average Bonchev–Trinajstić information content (AvgIpc) is 2.75. The SMILES string of the molecule is NC(=O)C1=C(CN2CCCC2)NNC1. The zero-order valence-corrected chi connectivity index (χ0v) is 8.18. The number of hydrogen-bond acceptors (Lipinski definition) is 4. The van der Waals surface area contributed by atoms with Crippen molar-refractivity contribution in [3.8, 4) is 0 Å². The maximum atomic E-state index is 11.1. The third-order valence-electron chi connectivity index (χ3n) is 2.75. The number of amides is 1. The van der Waals surface area contributed by atoms with Gasteiger partial charge in [-0.05, 0) is 25.9 Å². The zero-order chi connectivity index (χ0) is 9.97. The second kappa shape index (κ2) is 3.98. The van der Waals surface area contributed by atoms with E-state index in [1.807, 2.05) is 0 Å². The largest absolute Gasteiger partial charge is 0.366 e. The van der Waals surface area contributed by atoms with Crippen LogP contribution >= 0.6 is 0 Å². The van der Waals surface area contributed by atoms with Crippen LogP contribution in [-0.2, 0) is 4.79 Å². The van der Waals surface area contributed by atoms with Crippen molar-refractivity contribution in [1.29, 1.82) is 0 Å². The van der Waals surface area contributed by atoms with Gasteiger partial charge < -0.3 is 11.2 Å². The Bertz CT molecular complexity index is 268. The molecule has 5 nitrogen and oxygen atoms in total. The van der Waals surface area contributed by atoms with Gasteiger partial charge in [-0.1, -0.05) is 0 Å². The maximum Gasteiger partial charge on any atom is 0.247 e. The number of hydrazine groups is 1. The van der Waals surface area contributed by atoms with Gasteiger partial charge in [0, 0.05) is 13.1 Å². The summed E-state index contributed by atoms with van der Waals surface area (Å²) in [5.41, 5.74) is 12.8. The zero-order valence-electron chi connectivity index (χ0n) is 8.18. The van der Waals surface area contributed by atoms with E-state index in [1.165, 1.54) is 12.8 Å². The lowest BCUT2D eigenvalue weighted by molar-refractivity contribution is -0.114. The lowest BCUT2D eigenvalue weighted by Gasteiger charge is -2.15. The molecule has 2 rings (SSSR count). The predicted octanol–water partition coefficient (Wildman–Crippen LogP) is -1.07. The van der Waals surface area contributed by atoms with Crippen LogP contribution in [0, 0.1) is 0 Å². The Balaban J connectivity index is 2.00. The highest BCUT2D eigenvalue weighted by atomic mass is 16.1. The van der Waals surface area contributed by atoms with Crippen LogP contribution in [0.1, 0.15) is 12.8 Å². The van der Waals surface area contributed by atoms with Crippen molar-refractivity contribution in [3.63, 3.8) is 0 Å². The number of carbonyl (C=O) groups excluding carboxylic acids is 1. The number of likely N-dealkylation sites (tertiary alicyclic amines) is 1. The first-order valence-corrected chi connectivity index (χ1v) is 5.00. The summed E-state index contributed by atoms with van der Waals surface area (Å²) in [4.78, 5) is 13.4. The summed E-state index contributed by atoms with van der Waals surface area (Å²) in [5.74, 6) is -0.323. The summed E-state index contributed by atoms with van der Waals surface area (Å²) < 4.78 is 0. The van der Waals surface area contributed by atoms with Crippen molar-refractivity contribution < 1.29 is 4.79 Å². The van der Waals surface area contributed by atoms with Crippen molar-refractivity contribution in [2.24, 2.45) is 5.73 Å². The molecule has 0 spiro atoms. The molecule has 2 heterocycles. The molecular weight excluding hydrogens is 180 g/mol. The number of rotatable bonds is 3. The highest BCUT2D eigenvalue weighted by molar-refractivity contribution is 5.93. The fourth-order valence-electron chi connectivity index (χ4n) is 1.96. The summed E-state index contributed by atoms with van der Waals surface area (Å²) in [6.45, 7) is 3.60. The van der Waals surface area contributed by atoms with Crippen molar-refractivity contribution >= 4 is 5.91 Å². The molecule has 0 aromatic rings. The first-order chi connectivity index (χ1) is 6.77. The molecule has 0 bridgehead atoms. The minimum absolute atomic E-state index is 0.323. The molecule has 14 heavy (non-hydrogen) atoms. The highest BCUT2D eigenvalue weighted by Crippen LogP contribution is 2.12. The van der Waals surface area contributed by atoms with E-state index in [4.69, 9.17) is 5.73 Å². The Morgan fingerprint density at radius 3 is 2.79 bits per heavy atom. The van der Waals surface area contributed by atoms with Crippen molar-refractivity contribution in [2.45, 2.75) is 12.8 Å². The third kappa shape index (κ3) is 1.88. The summed E-state index contributed by atoms with van der Waals surface area (Å²) in [6, 6.07) is 0. The van der Waals surface area contributed by atoms with Crippen LogP contribution in [0.3, 0.4) is 0 Å². The molecule has 0 saturated carbocycles. The van der Waals surface area contributed by atoms with E-state index in [-0.39, 0.29) is 5.91 Å². The number of carbonyl (C=O) groups is 1. The topological polar surface area (TPSA) is 70.4 Å².